The molecule has 3 aromatic carbocycles. The molecule has 4 rings (SSSR count). The number of amides is 1. The van der Waals surface area contributed by atoms with Gasteiger partial charge in [-0.3, -0.25) is 4.79 Å². The van der Waals surface area contributed by atoms with Crippen LogP contribution in [0.4, 0.5) is 5.69 Å². The van der Waals surface area contributed by atoms with Gasteiger partial charge in [-0.1, -0.05) is 78.3 Å². The second-order valence-electron chi connectivity index (χ2n) is 5.73. The molecule has 4 heteroatoms. The monoisotopic (exact) mass is 346 g/mol. The van der Waals surface area contributed by atoms with Crippen molar-refractivity contribution in [3.05, 3.63) is 89.6 Å². The number of para-hydroxylation sites is 2. The predicted octanol–water partition coefficient (Wildman–Crippen LogP) is 5.74. The molecule has 0 unspecified atom stereocenters. The average Bonchev–Trinajstić information content (AvgIpc) is 3.00. The Bertz CT molecular complexity index is 1050. The lowest BCUT2D eigenvalue weighted by molar-refractivity contribution is 0.102. The Balaban J connectivity index is 1.71. The second-order valence-corrected chi connectivity index (χ2v) is 6.10. The second kappa shape index (κ2) is 6.46. The van der Waals surface area contributed by atoms with Crippen molar-refractivity contribution in [2.75, 3.05) is 5.32 Å². The molecule has 0 aliphatic heterocycles. The van der Waals surface area contributed by atoms with Crippen LogP contribution in [0.5, 0.6) is 0 Å². The smallest absolute Gasteiger partial charge is 0.273 e. The van der Waals surface area contributed by atoms with E-state index < -0.39 is 0 Å². The van der Waals surface area contributed by atoms with Gasteiger partial charge in [-0.2, -0.15) is 0 Å². The first kappa shape index (κ1) is 15.5. The summed E-state index contributed by atoms with van der Waals surface area (Å²) in [5.41, 5.74) is 3.96. The molecule has 0 atom stereocenters. The molecule has 0 aliphatic rings. The van der Waals surface area contributed by atoms with Crippen LogP contribution in [0.3, 0.4) is 0 Å². The molecule has 0 saturated carbocycles. The normalized spacial score (nSPS) is 10.8. The first-order valence-corrected chi connectivity index (χ1v) is 8.34. The van der Waals surface area contributed by atoms with Crippen molar-refractivity contribution in [2.24, 2.45) is 0 Å². The first-order chi connectivity index (χ1) is 12.2. The van der Waals surface area contributed by atoms with Crippen molar-refractivity contribution in [3.63, 3.8) is 0 Å². The molecule has 4 aromatic rings. The van der Waals surface area contributed by atoms with E-state index in [4.69, 9.17) is 11.6 Å². The summed E-state index contributed by atoms with van der Waals surface area (Å²) in [5, 5.41) is 4.25. The van der Waals surface area contributed by atoms with E-state index in [1.807, 2.05) is 78.9 Å². The summed E-state index contributed by atoms with van der Waals surface area (Å²) in [4.78, 5) is 15.9. The van der Waals surface area contributed by atoms with Gasteiger partial charge in [0, 0.05) is 22.2 Å². The van der Waals surface area contributed by atoms with E-state index in [1.54, 1.807) is 0 Å². The minimum Gasteiger partial charge on any atom is -0.349 e. The van der Waals surface area contributed by atoms with E-state index in [1.165, 1.54) is 0 Å². The summed E-state index contributed by atoms with van der Waals surface area (Å²) in [5.74, 6) is -0.260. The van der Waals surface area contributed by atoms with E-state index in [2.05, 4.69) is 10.3 Å². The molecule has 0 bridgehead atoms. The quantitative estimate of drug-likeness (QED) is 0.488. The van der Waals surface area contributed by atoms with E-state index in [0.29, 0.717) is 10.7 Å². The van der Waals surface area contributed by atoms with Crippen LogP contribution < -0.4 is 5.32 Å². The molecule has 3 nitrogen and oxygen atoms in total. The van der Waals surface area contributed by atoms with E-state index >= 15 is 0 Å². The molecule has 1 amide bonds. The van der Waals surface area contributed by atoms with Gasteiger partial charge in [0.05, 0.1) is 5.02 Å². The third-order valence-electron chi connectivity index (χ3n) is 4.13. The number of carbonyl (C=O) groups is 1. The molecule has 25 heavy (non-hydrogen) atoms. The topological polar surface area (TPSA) is 44.9 Å². The number of H-pyrrole nitrogens is 1. The Morgan fingerprint density at radius 2 is 1.52 bits per heavy atom. The third kappa shape index (κ3) is 2.90. The number of aromatic nitrogens is 1. The SMILES string of the molecule is O=C(Nc1ccccc1-c1ccccc1)c1[nH]c2ccccc2c1Cl. The maximum Gasteiger partial charge on any atom is 0.273 e. The van der Waals surface area contributed by atoms with Gasteiger partial charge >= 0.3 is 0 Å². The standard InChI is InChI=1S/C21H15ClN2O/c22-19-16-11-5-7-13-18(16)23-20(19)21(25)24-17-12-6-4-10-15(17)14-8-2-1-3-9-14/h1-13,23H,(H,24,25). The van der Waals surface area contributed by atoms with Crippen molar-refractivity contribution in [2.45, 2.75) is 0 Å². The Morgan fingerprint density at radius 1 is 0.840 bits per heavy atom. The van der Waals surface area contributed by atoms with E-state index in [9.17, 15) is 4.79 Å². The Morgan fingerprint density at radius 3 is 2.32 bits per heavy atom. The number of fused-ring (bicyclic) bond motifs is 1. The van der Waals surface area contributed by atoms with Gasteiger partial charge in [-0.25, -0.2) is 0 Å². The molecule has 2 N–H and O–H groups in total. The summed E-state index contributed by atoms with van der Waals surface area (Å²) < 4.78 is 0. The number of benzene rings is 3. The number of aromatic amines is 1. The number of hydrogen-bond acceptors (Lipinski definition) is 1. The molecule has 0 radical (unpaired) electrons. The number of hydrogen-bond donors (Lipinski definition) is 2. The summed E-state index contributed by atoms with van der Waals surface area (Å²) in [6.45, 7) is 0. The van der Waals surface area contributed by atoms with Gasteiger partial charge in [0.1, 0.15) is 5.69 Å². The van der Waals surface area contributed by atoms with Crippen LogP contribution in [-0.2, 0) is 0 Å². The zero-order chi connectivity index (χ0) is 17.2. The average molecular weight is 347 g/mol. The largest absolute Gasteiger partial charge is 0.349 e. The summed E-state index contributed by atoms with van der Waals surface area (Å²) >= 11 is 6.38. The lowest BCUT2D eigenvalue weighted by Gasteiger charge is -2.11. The predicted molar refractivity (Wildman–Crippen MR) is 103 cm³/mol. The number of anilines is 1. The van der Waals surface area contributed by atoms with Crippen molar-refractivity contribution < 1.29 is 4.79 Å². The molecule has 0 fully saturated rings. The number of carbonyl (C=O) groups excluding carboxylic acids is 1. The molecule has 0 saturated heterocycles. The van der Waals surface area contributed by atoms with Crippen LogP contribution in [-0.4, -0.2) is 10.9 Å². The van der Waals surface area contributed by atoms with E-state index in [-0.39, 0.29) is 5.91 Å². The van der Waals surface area contributed by atoms with Gasteiger partial charge in [0.25, 0.3) is 5.91 Å². The minimum absolute atomic E-state index is 0.260. The Kier molecular flexibility index (Phi) is 4.00. The highest BCUT2D eigenvalue weighted by atomic mass is 35.5. The summed E-state index contributed by atoms with van der Waals surface area (Å²) in [6.07, 6.45) is 0. The third-order valence-corrected chi connectivity index (χ3v) is 4.52. The lowest BCUT2D eigenvalue weighted by atomic mass is 10.0. The van der Waals surface area contributed by atoms with Crippen LogP contribution in [0.2, 0.25) is 5.02 Å². The lowest BCUT2D eigenvalue weighted by Crippen LogP contribution is -2.13. The minimum atomic E-state index is -0.260. The molecular weight excluding hydrogens is 332 g/mol. The zero-order valence-corrected chi connectivity index (χ0v) is 14.0. The van der Waals surface area contributed by atoms with E-state index in [0.717, 1.165) is 27.7 Å². The van der Waals surface area contributed by atoms with Crippen LogP contribution in [0.15, 0.2) is 78.9 Å². The van der Waals surface area contributed by atoms with Crippen LogP contribution in [0, 0.1) is 0 Å². The highest BCUT2D eigenvalue weighted by Crippen LogP contribution is 2.30. The fraction of sp³-hybridized carbons (Fsp3) is 0. The molecule has 122 valence electrons. The highest BCUT2D eigenvalue weighted by Gasteiger charge is 2.17. The zero-order valence-electron chi connectivity index (χ0n) is 13.3. The maximum absolute atomic E-state index is 12.8. The molecule has 0 spiro atoms. The number of nitrogens with one attached hydrogen (secondary N) is 2. The van der Waals surface area contributed by atoms with Crippen molar-refractivity contribution in [1.82, 2.24) is 4.98 Å². The number of halogens is 1. The van der Waals surface area contributed by atoms with Crippen LogP contribution in [0.25, 0.3) is 22.0 Å². The molecule has 1 heterocycles. The van der Waals surface area contributed by atoms with Gasteiger partial charge in [-0.05, 0) is 17.7 Å². The van der Waals surface area contributed by atoms with Crippen molar-refractivity contribution in [3.8, 4) is 11.1 Å². The van der Waals surface area contributed by atoms with Gasteiger partial charge < -0.3 is 10.3 Å². The highest BCUT2D eigenvalue weighted by molar-refractivity contribution is 6.39. The van der Waals surface area contributed by atoms with Gasteiger partial charge in [0.15, 0.2) is 0 Å². The van der Waals surface area contributed by atoms with Crippen LogP contribution >= 0.6 is 11.6 Å². The Labute approximate surface area is 150 Å². The van der Waals surface area contributed by atoms with Gasteiger partial charge in [0.2, 0.25) is 0 Å². The van der Waals surface area contributed by atoms with Crippen molar-refractivity contribution >= 4 is 34.1 Å². The summed E-state index contributed by atoms with van der Waals surface area (Å²) in [7, 11) is 0. The van der Waals surface area contributed by atoms with Crippen LogP contribution in [0.1, 0.15) is 10.5 Å². The fourth-order valence-corrected chi connectivity index (χ4v) is 3.21. The fourth-order valence-electron chi connectivity index (χ4n) is 2.91. The maximum atomic E-state index is 12.8. The van der Waals surface area contributed by atoms with Crippen molar-refractivity contribution in [1.29, 1.82) is 0 Å². The summed E-state index contributed by atoms with van der Waals surface area (Å²) in [6, 6.07) is 25.3. The number of rotatable bonds is 3. The molecule has 0 aliphatic carbocycles. The molecular formula is C21H15ClN2O. The van der Waals surface area contributed by atoms with Gasteiger partial charge in [-0.15, -0.1) is 0 Å². The first-order valence-electron chi connectivity index (χ1n) is 7.96. The molecule has 1 aromatic heterocycles. The Hall–Kier alpha value is -3.04.